The van der Waals surface area contributed by atoms with Gasteiger partial charge in [0.1, 0.15) is 0 Å². The Morgan fingerprint density at radius 1 is 1.24 bits per heavy atom. The van der Waals surface area contributed by atoms with Gasteiger partial charge in [0.05, 0.1) is 17.0 Å². The van der Waals surface area contributed by atoms with Gasteiger partial charge in [-0.25, -0.2) is 5.10 Å². The molecular formula is C20H27N3O2. The Labute approximate surface area is 148 Å². The molecule has 0 spiro atoms. The first kappa shape index (κ1) is 17.6. The van der Waals surface area contributed by atoms with E-state index in [0.29, 0.717) is 17.1 Å². The molecule has 5 heteroatoms. The zero-order valence-corrected chi connectivity index (χ0v) is 15.1. The lowest BCUT2D eigenvalue weighted by molar-refractivity contribution is -0.135. The molecule has 0 saturated heterocycles. The molecule has 1 saturated carbocycles. The van der Waals surface area contributed by atoms with E-state index >= 15 is 0 Å². The Kier molecular flexibility index (Phi) is 5.51. The van der Waals surface area contributed by atoms with Crippen LogP contribution in [0.4, 0.5) is 0 Å². The molecule has 1 fully saturated rings. The average Bonchev–Trinajstić information content (AvgIpc) is 2.66. The zero-order valence-electron chi connectivity index (χ0n) is 15.1. The van der Waals surface area contributed by atoms with Crippen molar-refractivity contribution in [3.63, 3.8) is 0 Å². The molecule has 0 bridgehead atoms. The highest BCUT2D eigenvalue weighted by atomic mass is 16.2. The molecular weight excluding hydrogens is 314 g/mol. The number of aromatic nitrogens is 2. The topological polar surface area (TPSA) is 66.1 Å². The summed E-state index contributed by atoms with van der Waals surface area (Å²) in [5.41, 5.74) is 0.453. The summed E-state index contributed by atoms with van der Waals surface area (Å²) < 4.78 is 0. The molecule has 5 nitrogen and oxygen atoms in total. The van der Waals surface area contributed by atoms with Crippen molar-refractivity contribution in [2.75, 3.05) is 6.54 Å². The number of carbonyl (C=O) groups is 1. The summed E-state index contributed by atoms with van der Waals surface area (Å²) in [4.78, 5) is 27.3. The minimum absolute atomic E-state index is 0.124. The predicted octanol–water partition coefficient (Wildman–Crippen LogP) is 3.60. The second-order valence-corrected chi connectivity index (χ2v) is 7.03. The fourth-order valence-corrected chi connectivity index (χ4v) is 3.94. The predicted molar refractivity (Wildman–Crippen MR) is 99.7 cm³/mol. The Morgan fingerprint density at radius 3 is 2.60 bits per heavy atom. The number of benzene rings is 1. The van der Waals surface area contributed by atoms with Crippen molar-refractivity contribution < 1.29 is 4.79 Å². The Morgan fingerprint density at radius 2 is 1.92 bits per heavy atom. The first-order valence-electron chi connectivity index (χ1n) is 9.41. The van der Waals surface area contributed by atoms with Crippen LogP contribution in [0.5, 0.6) is 0 Å². The molecule has 1 amide bonds. The zero-order chi connectivity index (χ0) is 17.8. The molecule has 1 aliphatic carbocycles. The SMILES string of the molecule is CCCN(C(=O)C(C)c1n[nH]c(=O)c2ccccc12)C1CCCCC1. The third-order valence-electron chi connectivity index (χ3n) is 5.27. The maximum absolute atomic E-state index is 13.3. The van der Waals surface area contributed by atoms with Gasteiger partial charge in [0.15, 0.2) is 0 Å². The van der Waals surface area contributed by atoms with Crippen LogP contribution in [-0.4, -0.2) is 33.6 Å². The largest absolute Gasteiger partial charge is 0.339 e. The van der Waals surface area contributed by atoms with E-state index in [-0.39, 0.29) is 17.4 Å². The van der Waals surface area contributed by atoms with Crippen LogP contribution in [0.1, 0.15) is 64.0 Å². The number of fused-ring (bicyclic) bond motifs is 1. The molecule has 1 unspecified atom stereocenters. The van der Waals surface area contributed by atoms with Gasteiger partial charge >= 0.3 is 0 Å². The lowest BCUT2D eigenvalue weighted by Crippen LogP contribution is -2.44. The number of amides is 1. The quantitative estimate of drug-likeness (QED) is 0.903. The van der Waals surface area contributed by atoms with E-state index < -0.39 is 0 Å². The number of rotatable bonds is 5. The van der Waals surface area contributed by atoms with Crippen LogP contribution in [0.3, 0.4) is 0 Å². The molecule has 3 rings (SSSR count). The number of hydrogen-bond donors (Lipinski definition) is 1. The van der Waals surface area contributed by atoms with Gasteiger partial charge in [0, 0.05) is 18.0 Å². The van der Waals surface area contributed by atoms with Gasteiger partial charge in [-0.1, -0.05) is 44.4 Å². The summed E-state index contributed by atoms with van der Waals surface area (Å²) in [6, 6.07) is 7.72. The van der Waals surface area contributed by atoms with E-state index in [9.17, 15) is 9.59 Å². The van der Waals surface area contributed by atoms with Crippen LogP contribution in [-0.2, 0) is 4.79 Å². The van der Waals surface area contributed by atoms with Gasteiger partial charge in [-0.3, -0.25) is 9.59 Å². The second-order valence-electron chi connectivity index (χ2n) is 7.03. The monoisotopic (exact) mass is 341 g/mol. The molecule has 2 aromatic rings. The lowest BCUT2D eigenvalue weighted by Gasteiger charge is -2.36. The number of H-pyrrole nitrogens is 1. The molecule has 0 radical (unpaired) electrons. The van der Waals surface area contributed by atoms with E-state index in [0.717, 1.165) is 31.2 Å². The first-order valence-corrected chi connectivity index (χ1v) is 9.41. The molecule has 1 heterocycles. The fraction of sp³-hybridized carbons (Fsp3) is 0.550. The van der Waals surface area contributed by atoms with Gasteiger partial charge < -0.3 is 4.90 Å². The van der Waals surface area contributed by atoms with Gasteiger partial charge in [-0.15, -0.1) is 0 Å². The Balaban J connectivity index is 1.93. The molecule has 1 aromatic carbocycles. The van der Waals surface area contributed by atoms with Crippen molar-refractivity contribution in [3.8, 4) is 0 Å². The number of carbonyl (C=O) groups excluding carboxylic acids is 1. The standard InChI is InChI=1S/C20H27N3O2/c1-3-13-23(15-9-5-4-6-10-15)20(25)14(2)18-16-11-7-8-12-17(16)19(24)22-21-18/h7-8,11-12,14-15H,3-6,9-10,13H2,1-2H3,(H,22,24). The van der Waals surface area contributed by atoms with Crippen LogP contribution < -0.4 is 5.56 Å². The van der Waals surface area contributed by atoms with Crippen LogP contribution >= 0.6 is 0 Å². The number of nitrogens with one attached hydrogen (secondary N) is 1. The summed E-state index contributed by atoms with van der Waals surface area (Å²) in [6.07, 6.45) is 6.82. The average molecular weight is 341 g/mol. The number of aromatic amines is 1. The van der Waals surface area contributed by atoms with Crippen molar-refractivity contribution in [2.24, 2.45) is 0 Å². The number of nitrogens with zero attached hydrogens (tertiary/aromatic N) is 2. The highest BCUT2D eigenvalue weighted by molar-refractivity contribution is 5.91. The van der Waals surface area contributed by atoms with E-state index in [4.69, 9.17) is 0 Å². The maximum Gasteiger partial charge on any atom is 0.272 e. The van der Waals surface area contributed by atoms with Crippen LogP contribution in [0.2, 0.25) is 0 Å². The van der Waals surface area contributed by atoms with E-state index in [2.05, 4.69) is 22.0 Å². The van der Waals surface area contributed by atoms with E-state index in [1.807, 2.05) is 25.1 Å². The third-order valence-corrected chi connectivity index (χ3v) is 5.27. The normalized spacial score (nSPS) is 16.7. The molecule has 0 aliphatic heterocycles. The minimum atomic E-state index is -0.366. The van der Waals surface area contributed by atoms with Gasteiger partial charge in [0.2, 0.25) is 5.91 Å². The summed E-state index contributed by atoms with van der Waals surface area (Å²) in [5, 5.41) is 8.14. The van der Waals surface area contributed by atoms with Crippen molar-refractivity contribution in [2.45, 2.75) is 64.3 Å². The lowest BCUT2D eigenvalue weighted by atomic mass is 9.92. The second kappa shape index (κ2) is 7.81. The van der Waals surface area contributed by atoms with Crippen molar-refractivity contribution in [3.05, 3.63) is 40.3 Å². The molecule has 1 atom stereocenters. The van der Waals surface area contributed by atoms with Crippen molar-refractivity contribution >= 4 is 16.7 Å². The molecule has 1 aliphatic rings. The highest BCUT2D eigenvalue weighted by Gasteiger charge is 2.30. The summed E-state index contributed by atoms with van der Waals surface area (Å²) in [6.45, 7) is 4.80. The van der Waals surface area contributed by atoms with Gasteiger partial charge in [-0.2, -0.15) is 5.10 Å². The minimum Gasteiger partial charge on any atom is -0.339 e. The molecule has 1 aromatic heterocycles. The summed E-state index contributed by atoms with van der Waals surface area (Å²) in [7, 11) is 0. The van der Waals surface area contributed by atoms with Crippen molar-refractivity contribution in [1.82, 2.24) is 15.1 Å². The number of hydrogen-bond acceptors (Lipinski definition) is 3. The van der Waals surface area contributed by atoms with Crippen LogP contribution in [0.25, 0.3) is 10.8 Å². The molecule has 25 heavy (non-hydrogen) atoms. The third kappa shape index (κ3) is 3.60. The molecule has 134 valence electrons. The maximum atomic E-state index is 13.3. The van der Waals surface area contributed by atoms with Gasteiger partial charge in [-0.05, 0) is 32.3 Å². The van der Waals surface area contributed by atoms with E-state index in [1.54, 1.807) is 6.07 Å². The molecule has 1 N–H and O–H groups in total. The Bertz CT molecular complexity index is 793. The van der Waals surface area contributed by atoms with E-state index in [1.165, 1.54) is 19.3 Å². The summed E-state index contributed by atoms with van der Waals surface area (Å²) in [5.74, 6) is -0.242. The summed E-state index contributed by atoms with van der Waals surface area (Å²) >= 11 is 0. The highest BCUT2D eigenvalue weighted by Crippen LogP contribution is 2.28. The van der Waals surface area contributed by atoms with Crippen LogP contribution in [0, 0.1) is 0 Å². The smallest absolute Gasteiger partial charge is 0.272 e. The Hall–Kier alpha value is -2.17. The first-order chi connectivity index (χ1) is 12.1. The fourth-order valence-electron chi connectivity index (χ4n) is 3.94. The van der Waals surface area contributed by atoms with Crippen molar-refractivity contribution in [1.29, 1.82) is 0 Å². The van der Waals surface area contributed by atoms with Crippen LogP contribution in [0.15, 0.2) is 29.1 Å². The van der Waals surface area contributed by atoms with Gasteiger partial charge in [0.25, 0.3) is 5.56 Å².